The zero-order valence-corrected chi connectivity index (χ0v) is 10.9. The summed E-state index contributed by atoms with van der Waals surface area (Å²) in [4.78, 5) is 11.5. The maximum atomic E-state index is 11.5. The number of carbonyl (C=O) groups excluding carboxylic acids is 1. The molecule has 96 valence electrons. The van der Waals surface area contributed by atoms with Crippen molar-refractivity contribution in [3.8, 4) is 0 Å². The molecular weight excluding hydrogens is 220 g/mol. The smallest absolute Gasteiger partial charge is 0.341 e. The molecule has 0 radical (unpaired) electrons. The molecule has 0 fully saturated rings. The first-order valence-electron chi connectivity index (χ1n) is 5.73. The molecule has 0 atom stereocenters. The van der Waals surface area contributed by atoms with Crippen molar-refractivity contribution in [1.82, 2.24) is 9.78 Å². The summed E-state index contributed by atoms with van der Waals surface area (Å²) in [5, 5.41) is 4.04. The molecule has 5 heteroatoms. The number of rotatable bonds is 6. The Morgan fingerprint density at radius 3 is 2.82 bits per heavy atom. The molecule has 0 aliphatic carbocycles. The quantitative estimate of drug-likeness (QED) is 0.561. The van der Waals surface area contributed by atoms with Gasteiger partial charge in [0.05, 0.1) is 25.6 Å². The number of aryl methyl sites for hydroxylation is 1. The summed E-state index contributed by atoms with van der Waals surface area (Å²) in [6, 6.07) is 0. The summed E-state index contributed by atoms with van der Waals surface area (Å²) in [6.45, 7) is 5.36. The van der Waals surface area contributed by atoms with Crippen LogP contribution >= 0.6 is 0 Å². The largest absolute Gasteiger partial charge is 0.465 e. The van der Waals surface area contributed by atoms with Gasteiger partial charge in [-0.2, -0.15) is 5.10 Å². The molecule has 1 aromatic rings. The first-order chi connectivity index (χ1) is 8.06. The molecule has 0 saturated carbocycles. The Morgan fingerprint density at radius 2 is 2.24 bits per heavy atom. The van der Waals surface area contributed by atoms with Crippen LogP contribution in [0, 0.1) is 5.92 Å². The Labute approximate surface area is 102 Å². The zero-order valence-electron chi connectivity index (χ0n) is 10.9. The van der Waals surface area contributed by atoms with Gasteiger partial charge >= 0.3 is 5.97 Å². The van der Waals surface area contributed by atoms with Crippen molar-refractivity contribution in [3.63, 3.8) is 0 Å². The third kappa shape index (κ3) is 3.85. The van der Waals surface area contributed by atoms with Crippen molar-refractivity contribution in [2.24, 2.45) is 13.0 Å². The van der Waals surface area contributed by atoms with Gasteiger partial charge in [-0.05, 0) is 12.3 Å². The van der Waals surface area contributed by atoms with Gasteiger partial charge in [-0.1, -0.05) is 13.8 Å². The van der Waals surface area contributed by atoms with Crippen LogP contribution in [0.15, 0.2) is 6.20 Å². The Morgan fingerprint density at radius 1 is 1.53 bits per heavy atom. The van der Waals surface area contributed by atoms with Crippen LogP contribution in [0.5, 0.6) is 0 Å². The summed E-state index contributed by atoms with van der Waals surface area (Å²) in [5.41, 5.74) is 1.22. The van der Waals surface area contributed by atoms with E-state index in [0.29, 0.717) is 24.7 Å². The number of carbonyl (C=O) groups is 1. The molecule has 0 bridgehead atoms. The van der Waals surface area contributed by atoms with Gasteiger partial charge in [-0.3, -0.25) is 4.68 Å². The molecule has 17 heavy (non-hydrogen) atoms. The summed E-state index contributed by atoms with van der Waals surface area (Å²) in [6.07, 6.45) is 2.51. The van der Waals surface area contributed by atoms with E-state index in [1.807, 2.05) is 0 Å². The highest BCUT2D eigenvalue weighted by atomic mass is 16.5. The van der Waals surface area contributed by atoms with Crippen molar-refractivity contribution < 1.29 is 14.3 Å². The second-order valence-electron chi connectivity index (χ2n) is 4.36. The number of hydrogen-bond acceptors (Lipinski definition) is 4. The maximum Gasteiger partial charge on any atom is 0.341 e. The minimum atomic E-state index is -0.374. The number of methoxy groups -OCH3 is 1. The topological polar surface area (TPSA) is 53.3 Å². The van der Waals surface area contributed by atoms with Crippen LogP contribution in [0.25, 0.3) is 0 Å². The van der Waals surface area contributed by atoms with Crippen molar-refractivity contribution in [1.29, 1.82) is 0 Å². The van der Waals surface area contributed by atoms with Crippen LogP contribution in [0.3, 0.4) is 0 Å². The molecule has 5 nitrogen and oxygen atoms in total. The number of ether oxygens (including phenoxy) is 2. The highest BCUT2D eigenvalue weighted by Gasteiger charge is 2.16. The van der Waals surface area contributed by atoms with Crippen molar-refractivity contribution in [2.45, 2.75) is 26.9 Å². The normalized spacial score (nSPS) is 10.9. The van der Waals surface area contributed by atoms with Crippen LogP contribution < -0.4 is 0 Å². The highest BCUT2D eigenvalue weighted by Crippen LogP contribution is 2.11. The number of hydrogen-bond donors (Lipinski definition) is 0. The molecule has 0 unspecified atom stereocenters. The van der Waals surface area contributed by atoms with Crippen molar-refractivity contribution in [3.05, 3.63) is 17.5 Å². The molecular formula is C12H20N2O3. The van der Waals surface area contributed by atoms with Gasteiger partial charge in [-0.15, -0.1) is 0 Å². The van der Waals surface area contributed by atoms with Gasteiger partial charge in [0.25, 0.3) is 0 Å². The average molecular weight is 240 g/mol. The van der Waals surface area contributed by atoms with Crippen molar-refractivity contribution >= 4 is 5.97 Å². The van der Waals surface area contributed by atoms with E-state index in [9.17, 15) is 4.79 Å². The van der Waals surface area contributed by atoms with Gasteiger partial charge in [0, 0.05) is 13.7 Å². The molecule has 0 aliphatic rings. The van der Waals surface area contributed by atoms with E-state index in [0.717, 1.165) is 12.1 Å². The average Bonchev–Trinajstić information content (AvgIpc) is 2.65. The fourth-order valence-corrected chi connectivity index (χ4v) is 1.40. The Kier molecular flexibility index (Phi) is 5.15. The molecule has 0 amide bonds. The third-order valence-electron chi connectivity index (χ3n) is 2.55. The second-order valence-corrected chi connectivity index (χ2v) is 4.36. The minimum absolute atomic E-state index is 0.374. The number of esters is 1. The molecule has 0 aliphatic heterocycles. The summed E-state index contributed by atoms with van der Waals surface area (Å²) in [5.74, 6) is 0.238. The molecule has 0 saturated heterocycles. The van der Waals surface area contributed by atoms with Gasteiger partial charge in [0.1, 0.15) is 5.56 Å². The van der Waals surface area contributed by atoms with Gasteiger partial charge in [0.2, 0.25) is 0 Å². The first kappa shape index (κ1) is 13.7. The van der Waals surface area contributed by atoms with Crippen LogP contribution in [0.4, 0.5) is 0 Å². The number of aromatic nitrogens is 2. The fraction of sp³-hybridized carbons (Fsp3) is 0.667. The van der Waals surface area contributed by atoms with E-state index in [-0.39, 0.29) is 5.97 Å². The van der Waals surface area contributed by atoms with Crippen LogP contribution in [-0.4, -0.2) is 29.5 Å². The molecule has 1 rings (SSSR count). The molecule has 0 aromatic carbocycles. The molecule has 0 N–H and O–H groups in total. The van der Waals surface area contributed by atoms with E-state index < -0.39 is 0 Å². The third-order valence-corrected chi connectivity index (χ3v) is 2.55. The lowest BCUT2D eigenvalue weighted by Crippen LogP contribution is -2.09. The van der Waals surface area contributed by atoms with E-state index in [1.54, 1.807) is 11.7 Å². The first-order valence-corrected chi connectivity index (χ1v) is 5.73. The lowest BCUT2D eigenvalue weighted by Gasteiger charge is -2.08. The Hall–Kier alpha value is -1.36. The highest BCUT2D eigenvalue weighted by molar-refractivity contribution is 5.90. The van der Waals surface area contributed by atoms with Crippen molar-refractivity contribution in [2.75, 3.05) is 13.7 Å². The van der Waals surface area contributed by atoms with Crippen LogP contribution in [0.2, 0.25) is 0 Å². The van der Waals surface area contributed by atoms with Gasteiger partial charge in [0.15, 0.2) is 0 Å². The molecule has 1 heterocycles. The monoisotopic (exact) mass is 240 g/mol. The number of nitrogens with zero attached hydrogens (tertiary/aromatic N) is 2. The minimum Gasteiger partial charge on any atom is -0.465 e. The Balaban J connectivity index is 2.57. The van der Waals surface area contributed by atoms with E-state index in [1.165, 1.54) is 13.3 Å². The SMILES string of the molecule is COC(=O)c1cnn(C)c1COCCC(C)C. The lowest BCUT2D eigenvalue weighted by atomic mass is 10.1. The second kappa shape index (κ2) is 6.39. The summed E-state index contributed by atoms with van der Waals surface area (Å²) in [7, 11) is 3.15. The van der Waals surface area contributed by atoms with Crippen LogP contribution in [-0.2, 0) is 23.1 Å². The Bertz CT molecular complexity index is 372. The summed E-state index contributed by atoms with van der Waals surface area (Å²) >= 11 is 0. The maximum absolute atomic E-state index is 11.5. The fourth-order valence-electron chi connectivity index (χ4n) is 1.40. The predicted molar refractivity (Wildman–Crippen MR) is 63.7 cm³/mol. The van der Waals surface area contributed by atoms with E-state index in [4.69, 9.17) is 4.74 Å². The molecule has 0 spiro atoms. The van der Waals surface area contributed by atoms with Gasteiger partial charge < -0.3 is 9.47 Å². The van der Waals surface area contributed by atoms with E-state index >= 15 is 0 Å². The standard InChI is InChI=1S/C12H20N2O3/c1-9(2)5-6-17-8-11-10(12(15)16-4)7-13-14(11)3/h7,9H,5-6,8H2,1-4H3. The zero-order chi connectivity index (χ0) is 12.8. The van der Waals surface area contributed by atoms with Gasteiger partial charge in [-0.25, -0.2) is 4.79 Å². The van der Waals surface area contributed by atoms with Crippen LogP contribution in [0.1, 0.15) is 36.3 Å². The summed E-state index contributed by atoms with van der Waals surface area (Å²) < 4.78 is 11.9. The van der Waals surface area contributed by atoms with E-state index in [2.05, 4.69) is 23.7 Å². The molecule has 1 aromatic heterocycles. The predicted octanol–water partition coefficient (Wildman–Crippen LogP) is 1.77. The lowest BCUT2D eigenvalue weighted by molar-refractivity contribution is 0.0589.